The first-order valence-electron chi connectivity index (χ1n) is 5.56. The van der Waals surface area contributed by atoms with Crippen molar-refractivity contribution in [3.8, 4) is 0 Å². The summed E-state index contributed by atoms with van der Waals surface area (Å²) in [6.07, 6.45) is 2.41. The van der Waals surface area contributed by atoms with Crippen LogP contribution in [0.1, 0.15) is 17.0 Å². The number of hydrogen-bond acceptors (Lipinski definition) is 4. The maximum absolute atomic E-state index is 4.26. The van der Waals surface area contributed by atoms with Crippen LogP contribution in [0.25, 0.3) is 0 Å². The molecule has 0 bridgehead atoms. The maximum Gasteiger partial charge on any atom is 0.0797 e. The van der Waals surface area contributed by atoms with Gasteiger partial charge in [-0.2, -0.15) is 0 Å². The number of nitrogens with zero attached hydrogens (tertiary/aromatic N) is 2. The van der Waals surface area contributed by atoms with Crippen LogP contribution in [0.3, 0.4) is 0 Å². The molecule has 0 saturated carbocycles. The molecule has 1 atom stereocenters. The Bertz CT molecular complexity index is 311. The van der Waals surface area contributed by atoms with Gasteiger partial charge in [-0.3, -0.25) is 0 Å². The Morgan fingerprint density at radius 1 is 1.67 bits per heavy atom. The highest BCUT2D eigenvalue weighted by Crippen LogP contribution is 2.12. The minimum absolute atomic E-state index is 0.697. The van der Waals surface area contributed by atoms with Crippen LogP contribution >= 0.6 is 11.3 Å². The highest BCUT2D eigenvalue weighted by Gasteiger charge is 2.18. The lowest BCUT2D eigenvalue weighted by atomic mass is 10.2. The Balaban J connectivity index is 1.69. The lowest BCUT2D eigenvalue weighted by molar-refractivity contribution is 0.398. The lowest BCUT2D eigenvalue weighted by Crippen LogP contribution is -2.32. The number of rotatable bonds is 4. The van der Waals surface area contributed by atoms with Gasteiger partial charge in [0.15, 0.2) is 0 Å². The summed E-state index contributed by atoms with van der Waals surface area (Å²) < 4.78 is 0. The van der Waals surface area contributed by atoms with Crippen LogP contribution < -0.4 is 5.32 Å². The first kappa shape index (κ1) is 11.0. The van der Waals surface area contributed by atoms with E-state index >= 15 is 0 Å². The van der Waals surface area contributed by atoms with Crippen LogP contribution in [0.5, 0.6) is 0 Å². The number of hydrogen-bond donors (Lipinski definition) is 1. The summed E-state index contributed by atoms with van der Waals surface area (Å²) in [7, 11) is 2.19. The van der Waals surface area contributed by atoms with Gasteiger partial charge in [0, 0.05) is 24.0 Å². The van der Waals surface area contributed by atoms with Gasteiger partial charge in [0.05, 0.1) is 11.2 Å². The molecule has 15 heavy (non-hydrogen) atoms. The quantitative estimate of drug-likeness (QED) is 0.837. The molecule has 2 rings (SSSR count). The van der Waals surface area contributed by atoms with Gasteiger partial charge in [0.1, 0.15) is 0 Å². The molecule has 4 heteroatoms. The first-order chi connectivity index (χ1) is 7.25. The van der Waals surface area contributed by atoms with E-state index in [2.05, 4.69) is 29.2 Å². The smallest absolute Gasteiger partial charge is 0.0797 e. The average molecular weight is 225 g/mol. The molecule has 1 saturated heterocycles. The maximum atomic E-state index is 4.26. The van der Waals surface area contributed by atoms with Gasteiger partial charge in [0.25, 0.3) is 0 Å². The van der Waals surface area contributed by atoms with Crippen molar-refractivity contribution in [3.63, 3.8) is 0 Å². The van der Waals surface area contributed by atoms with Gasteiger partial charge in [-0.05, 0) is 33.4 Å². The van der Waals surface area contributed by atoms with Crippen LogP contribution in [0.4, 0.5) is 0 Å². The van der Waals surface area contributed by atoms with Gasteiger partial charge in [0.2, 0.25) is 0 Å². The number of thiazole rings is 1. The van der Waals surface area contributed by atoms with Crippen LogP contribution in [-0.2, 0) is 6.42 Å². The fraction of sp³-hybridized carbons (Fsp3) is 0.727. The molecule has 0 radical (unpaired) electrons. The molecule has 1 fully saturated rings. The van der Waals surface area contributed by atoms with Gasteiger partial charge in [-0.25, -0.2) is 4.98 Å². The number of aromatic nitrogens is 1. The molecule has 1 aromatic rings. The zero-order valence-corrected chi connectivity index (χ0v) is 10.3. The summed E-state index contributed by atoms with van der Waals surface area (Å²) in [5, 5.41) is 3.61. The second-order valence-corrected chi connectivity index (χ2v) is 5.25. The van der Waals surface area contributed by atoms with Gasteiger partial charge >= 0.3 is 0 Å². The van der Waals surface area contributed by atoms with Crippen molar-refractivity contribution in [1.29, 1.82) is 0 Å². The monoisotopic (exact) mass is 225 g/mol. The Labute approximate surface area is 95.5 Å². The summed E-state index contributed by atoms with van der Waals surface area (Å²) in [6.45, 7) is 5.61. The zero-order chi connectivity index (χ0) is 10.7. The fourth-order valence-corrected chi connectivity index (χ4v) is 2.84. The van der Waals surface area contributed by atoms with Crippen LogP contribution in [0, 0.1) is 6.92 Å². The van der Waals surface area contributed by atoms with E-state index in [9.17, 15) is 0 Å². The molecule has 1 aliphatic heterocycles. The molecule has 0 amide bonds. The first-order valence-corrected chi connectivity index (χ1v) is 6.44. The van der Waals surface area contributed by atoms with Crippen molar-refractivity contribution < 1.29 is 0 Å². The van der Waals surface area contributed by atoms with E-state index in [-0.39, 0.29) is 0 Å². The van der Waals surface area contributed by atoms with E-state index in [1.165, 1.54) is 30.1 Å². The van der Waals surface area contributed by atoms with Crippen molar-refractivity contribution in [1.82, 2.24) is 15.2 Å². The second kappa shape index (κ2) is 5.05. The van der Waals surface area contributed by atoms with Crippen molar-refractivity contribution in [2.24, 2.45) is 0 Å². The molecular formula is C11H19N3S. The number of likely N-dealkylation sites (N-methyl/N-ethyl adjacent to an activating group) is 1. The predicted octanol–water partition coefficient (Wildman–Crippen LogP) is 1.29. The van der Waals surface area contributed by atoms with E-state index in [1.54, 1.807) is 11.3 Å². The van der Waals surface area contributed by atoms with Crippen molar-refractivity contribution in [2.75, 3.05) is 26.7 Å². The minimum Gasteiger partial charge on any atom is -0.312 e. The van der Waals surface area contributed by atoms with E-state index in [0.717, 1.165) is 13.0 Å². The van der Waals surface area contributed by atoms with Crippen molar-refractivity contribution >= 4 is 11.3 Å². The standard InChI is InChI=1S/C11H19N3S/c1-9-11(15-8-13-9)3-5-12-10-4-6-14(2)7-10/h8,10,12H,3-7H2,1-2H3. The zero-order valence-electron chi connectivity index (χ0n) is 9.49. The molecule has 1 unspecified atom stereocenters. The van der Waals surface area contributed by atoms with Gasteiger partial charge in [-0.15, -0.1) is 11.3 Å². The third-order valence-corrected chi connectivity index (χ3v) is 4.02. The highest BCUT2D eigenvalue weighted by atomic mass is 32.1. The fourth-order valence-electron chi connectivity index (χ4n) is 2.06. The minimum atomic E-state index is 0.697. The molecule has 0 aliphatic carbocycles. The summed E-state index contributed by atoms with van der Waals surface area (Å²) in [5.41, 5.74) is 3.14. The molecule has 1 aromatic heterocycles. The van der Waals surface area contributed by atoms with E-state index in [1.807, 2.05) is 5.51 Å². The number of likely N-dealkylation sites (tertiary alicyclic amines) is 1. The molecule has 3 nitrogen and oxygen atoms in total. The Morgan fingerprint density at radius 3 is 3.13 bits per heavy atom. The largest absolute Gasteiger partial charge is 0.312 e. The molecular weight excluding hydrogens is 206 g/mol. The van der Waals surface area contributed by atoms with Gasteiger partial charge < -0.3 is 10.2 Å². The van der Waals surface area contributed by atoms with Crippen LogP contribution in [-0.4, -0.2) is 42.6 Å². The summed E-state index contributed by atoms with van der Waals surface area (Å²) >= 11 is 1.77. The molecule has 1 aliphatic rings. The summed E-state index contributed by atoms with van der Waals surface area (Å²) in [6, 6.07) is 0.697. The molecule has 0 aromatic carbocycles. The van der Waals surface area contributed by atoms with Crippen LogP contribution in [0.15, 0.2) is 5.51 Å². The molecule has 84 valence electrons. The molecule has 1 N–H and O–H groups in total. The van der Waals surface area contributed by atoms with Gasteiger partial charge in [-0.1, -0.05) is 0 Å². The topological polar surface area (TPSA) is 28.2 Å². The number of aryl methyl sites for hydroxylation is 1. The SMILES string of the molecule is Cc1ncsc1CCNC1CCN(C)C1. The van der Waals surface area contributed by atoms with E-state index < -0.39 is 0 Å². The summed E-state index contributed by atoms with van der Waals surface area (Å²) in [5.74, 6) is 0. The van der Waals surface area contributed by atoms with E-state index in [4.69, 9.17) is 0 Å². The molecule has 0 spiro atoms. The van der Waals surface area contributed by atoms with Crippen LogP contribution in [0.2, 0.25) is 0 Å². The lowest BCUT2D eigenvalue weighted by Gasteiger charge is -2.12. The third kappa shape index (κ3) is 3.00. The summed E-state index contributed by atoms with van der Waals surface area (Å²) in [4.78, 5) is 8.07. The van der Waals surface area contributed by atoms with Crippen molar-refractivity contribution in [2.45, 2.75) is 25.8 Å². The highest BCUT2D eigenvalue weighted by molar-refractivity contribution is 7.09. The van der Waals surface area contributed by atoms with E-state index in [0.29, 0.717) is 6.04 Å². The Hall–Kier alpha value is -0.450. The number of nitrogens with one attached hydrogen (secondary N) is 1. The Kier molecular flexibility index (Phi) is 3.72. The predicted molar refractivity (Wildman–Crippen MR) is 64.5 cm³/mol. The Morgan fingerprint density at radius 2 is 2.53 bits per heavy atom. The third-order valence-electron chi connectivity index (χ3n) is 3.02. The normalized spacial score (nSPS) is 22.4. The molecule has 2 heterocycles. The van der Waals surface area contributed by atoms with Crippen molar-refractivity contribution in [3.05, 3.63) is 16.1 Å². The average Bonchev–Trinajstić information content (AvgIpc) is 2.77. The second-order valence-electron chi connectivity index (χ2n) is 4.31.